The van der Waals surface area contributed by atoms with Crippen LogP contribution in [0.15, 0.2) is 12.1 Å². The molecule has 0 saturated heterocycles. The number of hydrogen-bond donors (Lipinski definition) is 1. The number of amides is 3. The zero-order valence-electron chi connectivity index (χ0n) is 20.4. The van der Waals surface area contributed by atoms with Crippen LogP contribution in [0.1, 0.15) is 88.1 Å². The maximum atomic E-state index is 13.8. The van der Waals surface area contributed by atoms with Crippen LogP contribution in [0.4, 0.5) is 5.69 Å². The van der Waals surface area contributed by atoms with Crippen LogP contribution < -0.4 is 15.0 Å². The summed E-state index contributed by atoms with van der Waals surface area (Å²) in [7, 11) is 0. The van der Waals surface area contributed by atoms with Gasteiger partial charge in [-0.2, -0.15) is 0 Å². The Labute approximate surface area is 196 Å². The van der Waals surface area contributed by atoms with Crippen molar-refractivity contribution in [3.63, 3.8) is 0 Å². The number of carbonyl (C=O) groups excluding carboxylic acids is 3. The van der Waals surface area contributed by atoms with Gasteiger partial charge in [-0.3, -0.25) is 14.4 Å². The van der Waals surface area contributed by atoms with Gasteiger partial charge in [-0.25, -0.2) is 0 Å². The number of anilines is 1. The smallest absolute Gasteiger partial charge is 0.271 e. The van der Waals surface area contributed by atoms with Gasteiger partial charge in [0, 0.05) is 50.0 Å². The van der Waals surface area contributed by atoms with Crippen molar-refractivity contribution in [1.29, 1.82) is 0 Å². The molecule has 0 aromatic heterocycles. The van der Waals surface area contributed by atoms with Gasteiger partial charge in [0.05, 0.1) is 5.69 Å². The average molecular weight is 456 g/mol. The Balaban J connectivity index is 1.65. The molecule has 1 N–H and O–H groups in total. The standard InChI is InChI=1S/C26H37N3O4/c1-5-23(30)27-13-14-28-21-16-20(18(4)15-22(21)33-26(11-12-26)25(28)32)24(31)29(17(2)3)19-9-7-6-8-10-19/h15-17,19H,5-14H2,1-4H3,(H,27,30). The molecule has 1 aliphatic heterocycles. The summed E-state index contributed by atoms with van der Waals surface area (Å²) in [5, 5.41) is 2.85. The molecule has 0 unspecified atom stereocenters. The largest absolute Gasteiger partial charge is 0.475 e. The highest BCUT2D eigenvalue weighted by atomic mass is 16.5. The van der Waals surface area contributed by atoms with Crippen molar-refractivity contribution >= 4 is 23.4 Å². The van der Waals surface area contributed by atoms with E-state index in [2.05, 4.69) is 19.2 Å². The van der Waals surface area contributed by atoms with E-state index in [0.717, 1.165) is 31.2 Å². The number of nitrogens with zero attached hydrogens (tertiary/aromatic N) is 2. The van der Waals surface area contributed by atoms with Crippen LogP contribution in [-0.2, 0) is 9.59 Å². The molecule has 2 saturated carbocycles. The maximum absolute atomic E-state index is 13.8. The van der Waals surface area contributed by atoms with E-state index >= 15 is 0 Å². The molecule has 3 aliphatic rings. The Kier molecular flexibility index (Phi) is 6.68. The average Bonchev–Trinajstić information content (AvgIpc) is 3.56. The lowest BCUT2D eigenvalue weighted by Crippen LogP contribution is -2.50. The van der Waals surface area contributed by atoms with Gasteiger partial charge in [0.1, 0.15) is 5.75 Å². The lowest BCUT2D eigenvalue weighted by atomic mass is 9.92. The molecule has 1 aromatic rings. The van der Waals surface area contributed by atoms with Crippen LogP contribution in [0.25, 0.3) is 0 Å². The Morgan fingerprint density at radius 3 is 2.52 bits per heavy atom. The summed E-state index contributed by atoms with van der Waals surface area (Å²) < 4.78 is 6.16. The summed E-state index contributed by atoms with van der Waals surface area (Å²) in [6.45, 7) is 8.62. The predicted molar refractivity (Wildman–Crippen MR) is 128 cm³/mol. The normalized spacial score (nSPS) is 19.3. The number of hydrogen-bond acceptors (Lipinski definition) is 4. The molecular weight excluding hydrogens is 418 g/mol. The van der Waals surface area contributed by atoms with Crippen molar-refractivity contribution in [2.75, 3.05) is 18.0 Å². The van der Waals surface area contributed by atoms with E-state index in [1.54, 1.807) is 11.8 Å². The highest BCUT2D eigenvalue weighted by molar-refractivity contribution is 6.06. The summed E-state index contributed by atoms with van der Waals surface area (Å²) in [4.78, 5) is 42.5. The molecule has 4 rings (SSSR count). The van der Waals surface area contributed by atoms with Crippen LogP contribution in [0.5, 0.6) is 5.75 Å². The molecule has 1 spiro atoms. The first-order valence-electron chi connectivity index (χ1n) is 12.5. The molecule has 1 aromatic carbocycles. The molecule has 7 nitrogen and oxygen atoms in total. The summed E-state index contributed by atoms with van der Waals surface area (Å²) in [6, 6.07) is 4.10. The zero-order chi connectivity index (χ0) is 23.8. The van der Waals surface area contributed by atoms with Gasteiger partial charge in [0.15, 0.2) is 5.60 Å². The van der Waals surface area contributed by atoms with Gasteiger partial charge in [-0.05, 0) is 51.3 Å². The molecule has 33 heavy (non-hydrogen) atoms. The first-order valence-corrected chi connectivity index (χ1v) is 12.5. The fraction of sp³-hybridized carbons (Fsp3) is 0.654. The zero-order valence-corrected chi connectivity index (χ0v) is 20.4. The third kappa shape index (κ3) is 4.59. The van der Waals surface area contributed by atoms with E-state index in [4.69, 9.17) is 4.74 Å². The Morgan fingerprint density at radius 1 is 1.21 bits per heavy atom. The third-order valence-corrected chi connectivity index (χ3v) is 7.21. The van der Waals surface area contributed by atoms with E-state index in [9.17, 15) is 14.4 Å². The Bertz CT molecular complexity index is 932. The van der Waals surface area contributed by atoms with E-state index in [-0.39, 0.29) is 29.8 Å². The highest BCUT2D eigenvalue weighted by Gasteiger charge is 2.58. The van der Waals surface area contributed by atoms with Crippen molar-refractivity contribution in [3.05, 3.63) is 23.3 Å². The van der Waals surface area contributed by atoms with E-state index in [0.29, 0.717) is 49.4 Å². The minimum Gasteiger partial charge on any atom is -0.475 e. The van der Waals surface area contributed by atoms with Gasteiger partial charge >= 0.3 is 0 Å². The number of ether oxygens (including phenoxy) is 1. The van der Waals surface area contributed by atoms with Crippen LogP contribution in [0.2, 0.25) is 0 Å². The van der Waals surface area contributed by atoms with Crippen molar-refractivity contribution in [2.24, 2.45) is 0 Å². The summed E-state index contributed by atoms with van der Waals surface area (Å²) >= 11 is 0. The molecule has 1 heterocycles. The number of carbonyl (C=O) groups is 3. The molecule has 2 fully saturated rings. The second kappa shape index (κ2) is 9.35. The van der Waals surface area contributed by atoms with Crippen molar-refractivity contribution in [3.8, 4) is 5.75 Å². The van der Waals surface area contributed by atoms with Crippen LogP contribution in [0.3, 0.4) is 0 Å². The van der Waals surface area contributed by atoms with Gasteiger partial charge in [0.2, 0.25) is 5.91 Å². The van der Waals surface area contributed by atoms with E-state index < -0.39 is 5.60 Å². The third-order valence-electron chi connectivity index (χ3n) is 7.21. The van der Waals surface area contributed by atoms with Gasteiger partial charge < -0.3 is 19.9 Å². The molecule has 0 atom stereocenters. The van der Waals surface area contributed by atoms with Crippen LogP contribution in [0, 0.1) is 6.92 Å². The molecule has 2 aliphatic carbocycles. The first kappa shape index (κ1) is 23.6. The van der Waals surface area contributed by atoms with Gasteiger partial charge in [-0.1, -0.05) is 26.2 Å². The first-order chi connectivity index (χ1) is 15.8. The molecule has 7 heteroatoms. The molecule has 0 bridgehead atoms. The minimum absolute atomic E-state index is 0.0237. The Morgan fingerprint density at radius 2 is 1.91 bits per heavy atom. The molecule has 0 radical (unpaired) electrons. The SMILES string of the molecule is CCC(=O)NCCN1C(=O)C2(CC2)Oc2cc(C)c(C(=O)N(C(C)C)C3CCCCC3)cc21. The van der Waals surface area contributed by atoms with Gasteiger partial charge in [-0.15, -0.1) is 0 Å². The number of benzene rings is 1. The number of nitrogens with one attached hydrogen (secondary N) is 1. The second-order valence-corrected chi connectivity index (χ2v) is 9.99. The van der Waals surface area contributed by atoms with Crippen molar-refractivity contribution < 1.29 is 19.1 Å². The summed E-state index contributed by atoms with van der Waals surface area (Å²) in [6.07, 6.45) is 7.44. The lowest BCUT2D eigenvalue weighted by Gasteiger charge is -2.39. The predicted octanol–water partition coefficient (Wildman–Crippen LogP) is 3.96. The second-order valence-electron chi connectivity index (χ2n) is 9.99. The fourth-order valence-electron chi connectivity index (χ4n) is 5.21. The minimum atomic E-state index is -0.772. The number of aryl methyl sites for hydroxylation is 1. The summed E-state index contributed by atoms with van der Waals surface area (Å²) in [5.41, 5.74) is 1.35. The molecule has 180 valence electrons. The Hall–Kier alpha value is -2.57. The number of rotatable bonds is 7. The fourth-order valence-corrected chi connectivity index (χ4v) is 5.21. The van der Waals surface area contributed by atoms with E-state index in [1.807, 2.05) is 24.0 Å². The van der Waals surface area contributed by atoms with Crippen molar-refractivity contribution in [2.45, 2.75) is 96.7 Å². The molecule has 3 amide bonds. The molecular formula is C26H37N3O4. The summed E-state index contributed by atoms with van der Waals surface area (Å²) in [5.74, 6) is 0.556. The lowest BCUT2D eigenvalue weighted by molar-refractivity contribution is -0.128. The van der Waals surface area contributed by atoms with Crippen molar-refractivity contribution in [1.82, 2.24) is 10.2 Å². The quantitative estimate of drug-likeness (QED) is 0.675. The van der Waals surface area contributed by atoms with E-state index in [1.165, 1.54) is 6.42 Å². The van der Waals surface area contributed by atoms with Crippen LogP contribution in [-0.4, -0.2) is 53.4 Å². The van der Waals surface area contributed by atoms with Crippen LogP contribution >= 0.6 is 0 Å². The topological polar surface area (TPSA) is 79.0 Å². The maximum Gasteiger partial charge on any atom is 0.271 e. The monoisotopic (exact) mass is 455 g/mol. The number of fused-ring (bicyclic) bond motifs is 1. The highest BCUT2D eigenvalue weighted by Crippen LogP contribution is 2.50. The van der Waals surface area contributed by atoms with Gasteiger partial charge in [0.25, 0.3) is 11.8 Å².